The number of allylic oxidation sites excluding steroid dienone is 2. The number of rotatable bonds is 6. The minimum atomic E-state index is -0.658. The van der Waals surface area contributed by atoms with E-state index in [4.69, 9.17) is 0 Å². The first-order valence-electron chi connectivity index (χ1n) is 10.9. The van der Waals surface area contributed by atoms with E-state index in [-0.39, 0.29) is 53.3 Å². The SMILES string of the molecule is CC(=O)c1cc(C)cc(C2(C)C=C(NC(=O)CCN3CCN(C)CC3)C(=O)CC2)c1O.Cl. The van der Waals surface area contributed by atoms with Crippen molar-refractivity contribution in [1.82, 2.24) is 15.1 Å². The Bertz CT molecular complexity index is 922. The zero-order valence-corrected chi connectivity index (χ0v) is 20.2. The molecule has 1 aliphatic carbocycles. The van der Waals surface area contributed by atoms with Crippen molar-refractivity contribution in [3.8, 4) is 5.75 Å². The van der Waals surface area contributed by atoms with E-state index in [1.165, 1.54) is 6.92 Å². The number of halogens is 1. The van der Waals surface area contributed by atoms with Crippen LogP contribution in [0.2, 0.25) is 0 Å². The van der Waals surface area contributed by atoms with Crippen molar-refractivity contribution in [2.45, 2.75) is 45.4 Å². The highest BCUT2D eigenvalue weighted by Crippen LogP contribution is 2.41. The summed E-state index contributed by atoms with van der Waals surface area (Å²) in [6.07, 6.45) is 2.84. The van der Waals surface area contributed by atoms with E-state index in [1.807, 2.05) is 19.9 Å². The summed E-state index contributed by atoms with van der Waals surface area (Å²) in [6.45, 7) is 9.75. The number of nitrogens with one attached hydrogen (secondary N) is 1. The number of ketones is 2. The minimum absolute atomic E-state index is 0. The van der Waals surface area contributed by atoms with Gasteiger partial charge < -0.3 is 20.2 Å². The number of nitrogens with zero attached hydrogens (tertiary/aromatic N) is 2. The lowest BCUT2D eigenvalue weighted by Crippen LogP contribution is -2.45. The van der Waals surface area contributed by atoms with Crippen LogP contribution in [0.15, 0.2) is 23.9 Å². The Hall–Kier alpha value is -2.22. The maximum atomic E-state index is 12.5. The highest BCUT2D eigenvalue weighted by molar-refractivity contribution is 6.00. The molecular weight excluding hydrogens is 430 g/mol. The van der Waals surface area contributed by atoms with Crippen molar-refractivity contribution < 1.29 is 19.5 Å². The summed E-state index contributed by atoms with van der Waals surface area (Å²) < 4.78 is 0. The smallest absolute Gasteiger partial charge is 0.225 e. The average molecular weight is 464 g/mol. The zero-order chi connectivity index (χ0) is 22.8. The van der Waals surface area contributed by atoms with E-state index in [0.29, 0.717) is 24.9 Å². The first kappa shape index (κ1) is 26.0. The summed E-state index contributed by atoms with van der Waals surface area (Å²) in [4.78, 5) is 41.5. The zero-order valence-electron chi connectivity index (χ0n) is 19.4. The van der Waals surface area contributed by atoms with Crippen LogP contribution in [0.25, 0.3) is 0 Å². The van der Waals surface area contributed by atoms with Crippen molar-refractivity contribution >= 4 is 29.9 Å². The summed E-state index contributed by atoms with van der Waals surface area (Å²) in [5, 5.41) is 13.6. The van der Waals surface area contributed by atoms with Gasteiger partial charge in [-0.25, -0.2) is 0 Å². The van der Waals surface area contributed by atoms with Crippen LogP contribution in [0.3, 0.4) is 0 Å². The van der Waals surface area contributed by atoms with Gasteiger partial charge in [0.25, 0.3) is 0 Å². The van der Waals surface area contributed by atoms with Gasteiger partial charge in [0, 0.05) is 56.5 Å². The van der Waals surface area contributed by atoms with Crippen LogP contribution in [0, 0.1) is 6.92 Å². The van der Waals surface area contributed by atoms with E-state index >= 15 is 0 Å². The van der Waals surface area contributed by atoms with Crippen LogP contribution >= 0.6 is 12.4 Å². The standard InChI is InChI=1S/C24H33N3O4.ClH/c1-16-13-18(17(2)28)23(31)19(14-16)24(3)7-5-21(29)20(15-24)25-22(30)6-8-27-11-9-26(4)10-12-27;/h13-15,31H,5-12H2,1-4H3,(H,25,30);1H. The fraction of sp³-hybridized carbons (Fsp3) is 0.542. The van der Waals surface area contributed by atoms with Gasteiger partial charge in [-0.15, -0.1) is 12.4 Å². The number of piperazine rings is 1. The average Bonchev–Trinajstić information content (AvgIpc) is 2.71. The number of amides is 1. The fourth-order valence-corrected chi connectivity index (χ4v) is 4.32. The first-order chi connectivity index (χ1) is 14.6. The van der Waals surface area contributed by atoms with Crippen LogP contribution in [0.1, 0.15) is 54.6 Å². The molecule has 0 radical (unpaired) electrons. The second-order valence-electron chi connectivity index (χ2n) is 9.11. The monoisotopic (exact) mass is 463 g/mol. The highest BCUT2D eigenvalue weighted by atomic mass is 35.5. The van der Waals surface area contributed by atoms with Crippen molar-refractivity contribution in [3.05, 3.63) is 40.6 Å². The Balaban J connectivity index is 0.00000363. The third kappa shape index (κ3) is 5.97. The van der Waals surface area contributed by atoms with Gasteiger partial charge in [0.05, 0.1) is 11.3 Å². The molecule has 1 saturated heterocycles. The number of Topliss-reactive ketones (excluding diaryl/α,β-unsaturated/α-hetero) is 2. The van der Waals surface area contributed by atoms with Gasteiger partial charge in [-0.05, 0) is 45.0 Å². The van der Waals surface area contributed by atoms with Gasteiger partial charge in [0.15, 0.2) is 11.6 Å². The maximum absolute atomic E-state index is 12.5. The molecule has 1 aromatic carbocycles. The van der Waals surface area contributed by atoms with Crippen LogP contribution in [-0.4, -0.2) is 72.2 Å². The molecule has 2 aliphatic rings. The Labute approximate surface area is 196 Å². The molecule has 1 aromatic rings. The predicted octanol–water partition coefficient (Wildman–Crippen LogP) is 2.58. The number of hydrogen-bond donors (Lipinski definition) is 2. The molecular formula is C24H34ClN3O4. The lowest BCUT2D eigenvalue weighted by atomic mass is 9.72. The lowest BCUT2D eigenvalue weighted by Gasteiger charge is -2.33. The summed E-state index contributed by atoms with van der Waals surface area (Å²) >= 11 is 0. The number of phenols is 1. The predicted molar refractivity (Wildman–Crippen MR) is 126 cm³/mol. The van der Waals surface area contributed by atoms with Crippen molar-refractivity contribution in [1.29, 1.82) is 0 Å². The number of aromatic hydroxyl groups is 1. The molecule has 1 amide bonds. The molecule has 1 atom stereocenters. The molecule has 0 saturated carbocycles. The Morgan fingerprint density at radius 1 is 1.19 bits per heavy atom. The van der Waals surface area contributed by atoms with E-state index in [1.54, 1.807) is 12.1 Å². The highest BCUT2D eigenvalue weighted by Gasteiger charge is 2.35. The molecule has 0 bridgehead atoms. The third-order valence-corrected chi connectivity index (χ3v) is 6.41. The summed E-state index contributed by atoms with van der Waals surface area (Å²) in [5.74, 6) is -0.545. The number of aryl methyl sites for hydroxylation is 1. The number of carbonyl (C=O) groups is 3. The topological polar surface area (TPSA) is 90.0 Å². The van der Waals surface area contributed by atoms with E-state index in [2.05, 4.69) is 22.2 Å². The van der Waals surface area contributed by atoms with E-state index in [9.17, 15) is 19.5 Å². The van der Waals surface area contributed by atoms with Crippen molar-refractivity contribution in [3.63, 3.8) is 0 Å². The lowest BCUT2D eigenvalue weighted by molar-refractivity contribution is -0.123. The second kappa shape index (κ2) is 10.6. The summed E-state index contributed by atoms with van der Waals surface area (Å²) in [5.41, 5.74) is 1.37. The van der Waals surface area contributed by atoms with E-state index < -0.39 is 5.41 Å². The number of carbonyl (C=O) groups excluding carboxylic acids is 3. The molecule has 32 heavy (non-hydrogen) atoms. The van der Waals surface area contributed by atoms with Crippen molar-refractivity contribution in [2.75, 3.05) is 39.8 Å². The van der Waals surface area contributed by atoms with Crippen molar-refractivity contribution in [2.24, 2.45) is 0 Å². The molecule has 2 N–H and O–H groups in total. The maximum Gasteiger partial charge on any atom is 0.225 e. The van der Waals surface area contributed by atoms with Gasteiger partial charge in [-0.3, -0.25) is 14.4 Å². The third-order valence-electron chi connectivity index (χ3n) is 6.41. The van der Waals surface area contributed by atoms with Gasteiger partial charge >= 0.3 is 0 Å². The molecule has 8 heteroatoms. The Morgan fingerprint density at radius 3 is 2.47 bits per heavy atom. The van der Waals surface area contributed by atoms with Gasteiger partial charge in [-0.2, -0.15) is 0 Å². The molecule has 1 fully saturated rings. The molecule has 1 aliphatic heterocycles. The number of benzene rings is 1. The van der Waals surface area contributed by atoms with Crippen LogP contribution in [0.5, 0.6) is 5.75 Å². The minimum Gasteiger partial charge on any atom is -0.507 e. The number of likely N-dealkylation sites (N-methyl/N-ethyl adjacent to an activating group) is 1. The molecule has 0 aromatic heterocycles. The normalized spacial score (nSPS) is 22.1. The molecule has 1 unspecified atom stereocenters. The van der Waals surface area contributed by atoms with E-state index in [0.717, 1.165) is 31.7 Å². The number of phenolic OH excluding ortho intramolecular Hbond substituents is 1. The Kier molecular flexibility index (Phi) is 8.62. The summed E-state index contributed by atoms with van der Waals surface area (Å²) in [6, 6.07) is 3.52. The van der Waals surface area contributed by atoms with Gasteiger partial charge in [0.2, 0.25) is 5.91 Å². The molecule has 176 valence electrons. The molecule has 0 spiro atoms. The first-order valence-corrected chi connectivity index (χ1v) is 10.9. The molecule has 7 nitrogen and oxygen atoms in total. The Morgan fingerprint density at radius 2 is 1.84 bits per heavy atom. The van der Waals surface area contributed by atoms with Crippen LogP contribution < -0.4 is 5.32 Å². The van der Waals surface area contributed by atoms with Gasteiger partial charge in [0.1, 0.15) is 5.75 Å². The molecule has 1 heterocycles. The van der Waals surface area contributed by atoms with Crippen LogP contribution in [-0.2, 0) is 15.0 Å². The fourth-order valence-electron chi connectivity index (χ4n) is 4.32. The second-order valence-corrected chi connectivity index (χ2v) is 9.11. The summed E-state index contributed by atoms with van der Waals surface area (Å²) in [7, 11) is 2.09. The largest absolute Gasteiger partial charge is 0.507 e. The number of hydrogen-bond acceptors (Lipinski definition) is 6. The van der Waals surface area contributed by atoms with Crippen LogP contribution in [0.4, 0.5) is 0 Å². The molecule has 3 rings (SSSR count). The quantitative estimate of drug-likeness (QED) is 0.630. The van der Waals surface area contributed by atoms with Gasteiger partial charge in [-0.1, -0.05) is 13.0 Å².